The van der Waals surface area contributed by atoms with Crippen molar-refractivity contribution in [2.45, 2.75) is 149 Å². The van der Waals surface area contributed by atoms with Crippen molar-refractivity contribution in [3.63, 3.8) is 0 Å². The van der Waals surface area contributed by atoms with Crippen LogP contribution in [-0.2, 0) is 34.0 Å². The summed E-state index contributed by atoms with van der Waals surface area (Å²) in [5.74, 6) is -2.27. The van der Waals surface area contributed by atoms with E-state index in [1.165, 1.54) is 32.1 Å². The number of unbranched alkanes of at least 4 members (excludes halogenated alkanes) is 8. The van der Waals surface area contributed by atoms with E-state index < -0.39 is 39.7 Å². The van der Waals surface area contributed by atoms with Gasteiger partial charge in [0.1, 0.15) is 0 Å². The van der Waals surface area contributed by atoms with Crippen LogP contribution in [0.15, 0.2) is 0 Å². The summed E-state index contributed by atoms with van der Waals surface area (Å²) in [5.41, 5.74) is 0. The molecular weight excluding hydrogens is 559 g/mol. The third-order valence-corrected chi connectivity index (χ3v) is 8.07. The molecule has 0 aliphatic carbocycles. The van der Waals surface area contributed by atoms with E-state index in [0.29, 0.717) is 6.42 Å². The number of carbonyl (C=O) groups is 3. The van der Waals surface area contributed by atoms with Crippen molar-refractivity contribution < 1.29 is 72.9 Å². The quantitative estimate of drug-likeness (QED) is 0.0692. The van der Waals surface area contributed by atoms with Crippen molar-refractivity contribution in [3.8, 4) is 0 Å². The average molecular weight is 619 g/mol. The second-order valence-corrected chi connectivity index (χ2v) is 12.2. The molecule has 0 amide bonds. The van der Waals surface area contributed by atoms with E-state index in [9.17, 15) is 27.4 Å². The van der Waals surface area contributed by atoms with Crippen LogP contribution in [0.2, 0.25) is 0 Å². The third-order valence-electron chi connectivity index (χ3n) is 7.00. The molecule has 0 saturated heterocycles. The van der Waals surface area contributed by atoms with Crippen LogP contribution >= 0.6 is 0 Å². The molecule has 0 aromatic carbocycles. The van der Waals surface area contributed by atoms with Gasteiger partial charge in [-0.25, -0.2) is 0 Å². The monoisotopic (exact) mass is 618 g/mol. The summed E-state index contributed by atoms with van der Waals surface area (Å²) in [6.07, 6.45) is 15.4. The fourth-order valence-electron chi connectivity index (χ4n) is 4.05. The van der Waals surface area contributed by atoms with Crippen molar-refractivity contribution in [2.75, 3.05) is 13.2 Å². The Hall–Kier alpha value is -0.680. The van der Waals surface area contributed by atoms with Crippen molar-refractivity contribution in [1.82, 2.24) is 0 Å². The summed E-state index contributed by atoms with van der Waals surface area (Å²) in [7, 11) is -4.76. The second-order valence-electron chi connectivity index (χ2n) is 10.6. The van der Waals surface area contributed by atoms with Crippen LogP contribution in [0, 0.1) is 11.8 Å². The average Bonchev–Trinajstić information content (AvgIpc) is 2.90. The Morgan fingerprint density at radius 3 is 1.56 bits per heavy atom. The molecule has 0 radical (unpaired) electrons. The first-order valence-corrected chi connectivity index (χ1v) is 17.0. The van der Waals surface area contributed by atoms with Gasteiger partial charge in [0.25, 0.3) is 10.1 Å². The third kappa shape index (κ3) is 27.9. The maximum atomic E-state index is 12.2. The minimum absolute atomic E-state index is 0. The Bertz CT molecular complexity index is 766. The first kappa shape index (κ1) is 44.8. The predicted molar refractivity (Wildman–Crippen MR) is 160 cm³/mol. The van der Waals surface area contributed by atoms with Crippen LogP contribution in [0.4, 0.5) is 0 Å². The first-order valence-electron chi connectivity index (χ1n) is 15.5. The minimum atomic E-state index is -4.76. The Balaban J connectivity index is -0.000000436. The van der Waals surface area contributed by atoms with Crippen LogP contribution in [0.3, 0.4) is 0 Å². The summed E-state index contributed by atoms with van der Waals surface area (Å²) < 4.78 is 42.8. The Morgan fingerprint density at radius 1 is 0.707 bits per heavy atom. The van der Waals surface area contributed by atoms with Gasteiger partial charge in [0.2, 0.25) is 0 Å². The fourth-order valence-corrected chi connectivity index (χ4v) is 4.71. The van der Waals surface area contributed by atoms with E-state index in [4.69, 9.17) is 14.6 Å². The van der Waals surface area contributed by atoms with E-state index >= 15 is 0 Å². The van der Waals surface area contributed by atoms with Crippen LogP contribution in [0.5, 0.6) is 0 Å². The molecule has 240 valence electrons. The number of carboxylic acids is 1. The van der Waals surface area contributed by atoms with Gasteiger partial charge in [-0.3, -0.25) is 18.9 Å². The molecule has 0 spiro atoms. The molecule has 0 bridgehead atoms. The normalized spacial score (nSPS) is 13.1. The van der Waals surface area contributed by atoms with Gasteiger partial charge in [0, 0.05) is 6.42 Å². The summed E-state index contributed by atoms with van der Waals surface area (Å²) in [6, 6.07) is 0. The number of carboxylic acid groups (broad SMARTS) is 1. The molecule has 3 unspecified atom stereocenters. The Morgan fingerprint density at radius 2 is 1.15 bits per heavy atom. The number of carbonyl (C=O) groups excluding carboxylic acids is 2. The predicted octanol–water partition coefficient (Wildman–Crippen LogP) is 4.48. The molecule has 41 heavy (non-hydrogen) atoms. The van der Waals surface area contributed by atoms with E-state index in [1.807, 2.05) is 13.8 Å². The molecule has 0 heterocycles. The Kier molecular flexibility index (Phi) is 32.1. The van der Waals surface area contributed by atoms with Gasteiger partial charge in [0.05, 0.1) is 19.6 Å². The van der Waals surface area contributed by atoms with Gasteiger partial charge in [0.15, 0.2) is 5.25 Å². The topological polar surface area (TPSA) is 144 Å². The van der Waals surface area contributed by atoms with Gasteiger partial charge >= 0.3 is 47.5 Å². The van der Waals surface area contributed by atoms with E-state index in [-0.39, 0.29) is 56.0 Å². The van der Waals surface area contributed by atoms with Crippen molar-refractivity contribution in [2.24, 2.45) is 11.8 Å². The molecule has 0 aromatic heterocycles. The van der Waals surface area contributed by atoms with Crippen LogP contribution in [0.1, 0.15) is 145 Å². The van der Waals surface area contributed by atoms with Gasteiger partial charge < -0.3 is 16.0 Å². The zero-order chi connectivity index (χ0) is 30.8. The van der Waals surface area contributed by atoms with E-state index in [1.54, 1.807) is 0 Å². The van der Waals surface area contributed by atoms with Gasteiger partial charge in [-0.05, 0) is 31.1 Å². The standard InChI is InChI=1S/C20H38O7S.C10H20O2.Na.H/c1-5-9-11-16(7-3)14-26-19(21)13-18(28(23,24)25)20(22)27-15-17(8-4)12-10-6-2;1-2-3-4-5-6-7-8-9-10(11)12;;/h16-18H,5-15H2,1-4H3,(H,23,24,25);2-9H2,1H3,(H,11,12);;/q;;+1;-1. The van der Waals surface area contributed by atoms with Crippen LogP contribution in [-0.4, -0.2) is 54.4 Å². The zero-order valence-electron chi connectivity index (χ0n) is 27.8. The molecule has 0 aliphatic heterocycles. The molecule has 9 nitrogen and oxygen atoms in total. The Labute approximate surface area is 273 Å². The van der Waals surface area contributed by atoms with Crippen LogP contribution in [0.25, 0.3) is 0 Å². The minimum Gasteiger partial charge on any atom is -1.00 e. The molecule has 2 N–H and O–H groups in total. The fraction of sp³-hybridized carbons (Fsp3) is 0.900. The summed E-state index contributed by atoms with van der Waals surface area (Å²) >= 11 is 0. The summed E-state index contributed by atoms with van der Waals surface area (Å²) in [5, 5.41) is 6.41. The first-order chi connectivity index (χ1) is 19.0. The van der Waals surface area contributed by atoms with E-state index in [0.717, 1.165) is 64.2 Å². The second kappa shape index (κ2) is 29.4. The summed E-state index contributed by atoms with van der Waals surface area (Å²) in [6.45, 7) is 10.5. The molecule has 0 fully saturated rings. The molecule has 0 aromatic rings. The largest absolute Gasteiger partial charge is 1.00 e. The van der Waals surface area contributed by atoms with Crippen molar-refractivity contribution >= 4 is 28.0 Å². The van der Waals surface area contributed by atoms with Gasteiger partial charge in [-0.2, -0.15) is 8.42 Å². The molecule has 3 atom stereocenters. The maximum Gasteiger partial charge on any atom is 1.00 e. The van der Waals surface area contributed by atoms with Crippen molar-refractivity contribution in [3.05, 3.63) is 0 Å². The number of ether oxygens (including phenoxy) is 2. The summed E-state index contributed by atoms with van der Waals surface area (Å²) in [4.78, 5) is 34.3. The maximum absolute atomic E-state index is 12.2. The molecule has 0 rings (SSSR count). The SMILES string of the molecule is CCCCC(CC)COC(=O)CC(C(=O)OCC(CC)CCCC)S(=O)(=O)O.CCCCCCCCCC(=O)O.[H-].[Na+]. The molecule has 11 heteroatoms. The van der Waals surface area contributed by atoms with Gasteiger partial charge in [-0.15, -0.1) is 0 Å². The zero-order valence-corrected chi connectivity index (χ0v) is 29.6. The number of esters is 2. The number of rotatable bonds is 24. The number of aliphatic carboxylic acids is 1. The molecule has 0 saturated carbocycles. The van der Waals surface area contributed by atoms with E-state index in [2.05, 4.69) is 20.8 Å². The molecular formula is C30H59NaO9S. The van der Waals surface area contributed by atoms with Crippen LogP contribution < -0.4 is 29.6 Å². The van der Waals surface area contributed by atoms with Crippen molar-refractivity contribution in [1.29, 1.82) is 0 Å². The smallest absolute Gasteiger partial charge is 1.00 e. The molecule has 0 aliphatic rings. The number of hydrogen-bond donors (Lipinski definition) is 2. The number of hydrogen-bond acceptors (Lipinski definition) is 7. The van der Waals surface area contributed by atoms with Gasteiger partial charge in [-0.1, -0.05) is 112 Å².